The molecule has 138 valence electrons. The molecule has 24 heavy (non-hydrogen) atoms. The topological polar surface area (TPSA) is 20.2 Å². The molecule has 1 aromatic rings. The average Bonchev–Trinajstić information content (AvgIpc) is 2.58. The molecule has 0 fully saturated rings. The molecule has 1 nitrogen and oxygen atoms in total. The molecule has 0 radical (unpaired) electrons. The molecular weight excluding hydrogens is 292 g/mol. The average molecular weight is 333 g/mol. The molecule has 0 heterocycles. The molecule has 0 saturated carbocycles. The zero-order valence-electron chi connectivity index (χ0n) is 16.5. The van der Waals surface area contributed by atoms with Crippen LogP contribution >= 0.6 is 0 Å². The smallest absolute Gasteiger partial charge is 0.119 e. The molecular formula is C23H40O. The lowest BCUT2D eigenvalue weighted by molar-refractivity contribution is 0.465. The van der Waals surface area contributed by atoms with Crippen molar-refractivity contribution in [3.63, 3.8) is 0 Å². The van der Waals surface area contributed by atoms with E-state index in [1.165, 1.54) is 87.3 Å². The van der Waals surface area contributed by atoms with E-state index in [1.807, 2.05) is 6.07 Å². The first-order valence-corrected chi connectivity index (χ1v) is 10.6. The third-order valence-electron chi connectivity index (χ3n) is 5.08. The number of unbranched alkanes of at least 4 members (excludes halogenated alkanes) is 8. The summed E-state index contributed by atoms with van der Waals surface area (Å²) in [6.45, 7) is 6.75. The van der Waals surface area contributed by atoms with E-state index in [1.54, 1.807) is 0 Å². The third-order valence-corrected chi connectivity index (χ3v) is 5.08. The summed E-state index contributed by atoms with van der Waals surface area (Å²) in [5, 5.41) is 10.3. The molecule has 0 atom stereocenters. The van der Waals surface area contributed by atoms with Gasteiger partial charge in [0.05, 0.1) is 0 Å². The molecule has 0 spiro atoms. The predicted octanol–water partition coefficient (Wildman–Crippen LogP) is 7.37. The van der Waals surface area contributed by atoms with E-state index in [9.17, 15) is 5.11 Å². The van der Waals surface area contributed by atoms with E-state index < -0.39 is 0 Å². The summed E-state index contributed by atoms with van der Waals surface area (Å²) in [4.78, 5) is 0. The van der Waals surface area contributed by atoms with Gasteiger partial charge in [-0.15, -0.1) is 0 Å². The normalized spacial score (nSPS) is 11.1. The molecule has 0 aliphatic heterocycles. The van der Waals surface area contributed by atoms with Crippen LogP contribution in [0, 0.1) is 0 Å². The quantitative estimate of drug-likeness (QED) is 0.352. The van der Waals surface area contributed by atoms with Crippen LogP contribution in [0.3, 0.4) is 0 Å². The molecule has 0 aromatic heterocycles. The molecule has 0 saturated heterocycles. The van der Waals surface area contributed by atoms with Gasteiger partial charge in [-0.2, -0.15) is 0 Å². The SMILES string of the molecule is CCCCCCCc1ccc(O)c(CCC)c1CCCCCCC. The van der Waals surface area contributed by atoms with Crippen molar-refractivity contribution in [1.82, 2.24) is 0 Å². The molecule has 0 unspecified atom stereocenters. The minimum absolute atomic E-state index is 0.523. The highest BCUT2D eigenvalue weighted by Gasteiger charge is 2.12. The standard InChI is InChI=1S/C23H40O/c1-4-7-9-11-13-16-20-18-19-23(24)22(15-6-3)21(20)17-14-12-10-8-5-2/h18-19,24H,4-17H2,1-3H3. The van der Waals surface area contributed by atoms with Crippen LogP contribution in [0.25, 0.3) is 0 Å². The van der Waals surface area contributed by atoms with Crippen LogP contribution in [-0.4, -0.2) is 5.11 Å². The Morgan fingerprint density at radius 3 is 1.75 bits per heavy atom. The lowest BCUT2D eigenvalue weighted by Crippen LogP contribution is -2.02. The van der Waals surface area contributed by atoms with Crippen molar-refractivity contribution < 1.29 is 5.11 Å². The molecule has 1 rings (SSSR count). The summed E-state index contributed by atoms with van der Waals surface area (Å²) in [6.07, 6.45) is 17.7. The second kappa shape index (κ2) is 13.3. The summed E-state index contributed by atoms with van der Waals surface area (Å²) in [5.74, 6) is 0.523. The van der Waals surface area contributed by atoms with Gasteiger partial charge in [-0.1, -0.05) is 84.6 Å². The van der Waals surface area contributed by atoms with E-state index in [2.05, 4.69) is 26.8 Å². The first-order valence-electron chi connectivity index (χ1n) is 10.6. The molecule has 0 bridgehead atoms. The maximum Gasteiger partial charge on any atom is 0.119 e. The highest BCUT2D eigenvalue weighted by molar-refractivity contribution is 5.45. The number of aromatic hydroxyl groups is 1. The molecule has 0 aliphatic rings. The molecule has 1 aromatic carbocycles. The molecule has 0 aliphatic carbocycles. The van der Waals surface area contributed by atoms with Crippen LogP contribution in [-0.2, 0) is 19.3 Å². The van der Waals surface area contributed by atoms with Crippen molar-refractivity contribution >= 4 is 0 Å². The van der Waals surface area contributed by atoms with Crippen molar-refractivity contribution in [2.45, 2.75) is 111 Å². The van der Waals surface area contributed by atoms with Crippen LogP contribution < -0.4 is 0 Å². The monoisotopic (exact) mass is 332 g/mol. The van der Waals surface area contributed by atoms with Crippen LogP contribution in [0.5, 0.6) is 5.75 Å². The van der Waals surface area contributed by atoms with Gasteiger partial charge in [0.2, 0.25) is 0 Å². The van der Waals surface area contributed by atoms with Crippen LogP contribution in [0.1, 0.15) is 108 Å². The van der Waals surface area contributed by atoms with Crippen molar-refractivity contribution in [3.05, 3.63) is 28.8 Å². The van der Waals surface area contributed by atoms with Gasteiger partial charge in [-0.05, 0) is 54.9 Å². The van der Waals surface area contributed by atoms with Gasteiger partial charge < -0.3 is 5.11 Å². The first kappa shape index (κ1) is 21.1. The maximum atomic E-state index is 10.3. The fraction of sp³-hybridized carbons (Fsp3) is 0.739. The molecule has 0 amide bonds. The van der Waals surface area contributed by atoms with E-state index in [0.717, 1.165) is 19.3 Å². The fourth-order valence-electron chi connectivity index (χ4n) is 3.63. The van der Waals surface area contributed by atoms with E-state index in [-0.39, 0.29) is 0 Å². The number of aryl methyl sites for hydroxylation is 1. The summed E-state index contributed by atoms with van der Waals surface area (Å²) >= 11 is 0. The van der Waals surface area contributed by atoms with Crippen molar-refractivity contribution in [2.75, 3.05) is 0 Å². The summed E-state index contributed by atoms with van der Waals surface area (Å²) < 4.78 is 0. The Morgan fingerprint density at radius 1 is 0.583 bits per heavy atom. The first-order chi connectivity index (χ1) is 11.7. The van der Waals surface area contributed by atoms with Gasteiger partial charge in [0.15, 0.2) is 0 Å². The van der Waals surface area contributed by atoms with Crippen LogP contribution in [0.2, 0.25) is 0 Å². The highest BCUT2D eigenvalue weighted by Crippen LogP contribution is 2.29. The van der Waals surface area contributed by atoms with Crippen LogP contribution in [0.15, 0.2) is 12.1 Å². The van der Waals surface area contributed by atoms with E-state index in [0.29, 0.717) is 5.75 Å². The van der Waals surface area contributed by atoms with Gasteiger partial charge in [0.1, 0.15) is 5.75 Å². The summed E-state index contributed by atoms with van der Waals surface area (Å²) in [7, 11) is 0. The number of phenols is 1. The van der Waals surface area contributed by atoms with Crippen molar-refractivity contribution in [3.8, 4) is 5.75 Å². The second-order valence-corrected chi connectivity index (χ2v) is 7.28. The van der Waals surface area contributed by atoms with Crippen molar-refractivity contribution in [2.24, 2.45) is 0 Å². The Labute approximate surface area is 150 Å². The van der Waals surface area contributed by atoms with E-state index in [4.69, 9.17) is 0 Å². The van der Waals surface area contributed by atoms with Gasteiger partial charge in [0, 0.05) is 0 Å². The zero-order valence-corrected chi connectivity index (χ0v) is 16.5. The minimum atomic E-state index is 0.523. The van der Waals surface area contributed by atoms with Crippen LogP contribution in [0.4, 0.5) is 0 Å². The van der Waals surface area contributed by atoms with Gasteiger partial charge in [-0.3, -0.25) is 0 Å². The molecule has 1 N–H and O–H groups in total. The number of phenolic OH excluding ortho intramolecular Hbond substituents is 1. The minimum Gasteiger partial charge on any atom is -0.508 e. The van der Waals surface area contributed by atoms with Gasteiger partial charge in [-0.25, -0.2) is 0 Å². The number of rotatable bonds is 14. The number of hydrogen-bond donors (Lipinski definition) is 1. The predicted molar refractivity (Wildman–Crippen MR) is 107 cm³/mol. The Balaban J connectivity index is 2.70. The Bertz CT molecular complexity index is 436. The summed E-state index contributed by atoms with van der Waals surface area (Å²) in [5.41, 5.74) is 4.21. The zero-order chi connectivity index (χ0) is 17.6. The van der Waals surface area contributed by atoms with Gasteiger partial charge in [0.25, 0.3) is 0 Å². The Kier molecular flexibility index (Phi) is 11.7. The fourth-order valence-corrected chi connectivity index (χ4v) is 3.63. The van der Waals surface area contributed by atoms with Crippen molar-refractivity contribution in [1.29, 1.82) is 0 Å². The van der Waals surface area contributed by atoms with E-state index >= 15 is 0 Å². The number of benzene rings is 1. The highest BCUT2D eigenvalue weighted by atomic mass is 16.3. The lowest BCUT2D eigenvalue weighted by atomic mass is 9.90. The molecule has 1 heteroatoms. The Morgan fingerprint density at radius 2 is 1.17 bits per heavy atom. The lowest BCUT2D eigenvalue weighted by Gasteiger charge is -2.16. The second-order valence-electron chi connectivity index (χ2n) is 7.28. The number of hydrogen-bond acceptors (Lipinski definition) is 1. The Hall–Kier alpha value is -0.980. The third kappa shape index (κ3) is 7.73. The maximum absolute atomic E-state index is 10.3. The largest absolute Gasteiger partial charge is 0.508 e. The summed E-state index contributed by atoms with van der Waals surface area (Å²) in [6, 6.07) is 4.13. The van der Waals surface area contributed by atoms with Gasteiger partial charge >= 0.3 is 0 Å².